The number of aryl methyl sites for hydroxylation is 2. The van der Waals surface area contributed by atoms with Crippen molar-refractivity contribution in [3.05, 3.63) is 41.1 Å². The van der Waals surface area contributed by atoms with Crippen LogP contribution in [-0.2, 0) is 25.8 Å². The normalized spacial score (nSPS) is 18.6. The van der Waals surface area contributed by atoms with Crippen molar-refractivity contribution < 1.29 is 22.7 Å². The summed E-state index contributed by atoms with van der Waals surface area (Å²) in [4.78, 5) is 32.1. The van der Waals surface area contributed by atoms with Crippen LogP contribution in [0.2, 0.25) is 0 Å². The van der Waals surface area contributed by atoms with Gasteiger partial charge in [0.25, 0.3) is 5.91 Å². The van der Waals surface area contributed by atoms with Crippen molar-refractivity contribution in [1.82, 2.24) is 9.88 Å². The third-order valence-corrected chi connectivity index (χ3v) is 7.80. The highest BCUT2D eigenvalue weighted by molar-refractivity contribution is 7.91. The minimum absolute atomic E-state index is 0.0370. The van der Waals surface area contributed by atoms with Gasteiger partial charge in [0.1, 0.15) is 0 Å². The first kappa shape index (κ1) is 23.2. The molecule has 1 aliphatic rings. The molecule has 2 aromatic rings. The summed E-state index contributed by atoms with van der Waals surface area (Å²) < 4.78 is 29.3. The quantitative estimate of drug-likeness (QED) is 0.607. The zero-order chi connectivity index (χ0) is 22.8. The zero-order valence-electron chi connectivity index (χ0n) is 18.6. The van der Waals surface area contributed by atoms with Gasteiger partial charge in [0.05, 0.1) is 28.3 Å². The van der Waals surface area contributed by atoms with Gasteiger partial charge >= 0.3 is 5.97 Å². The summed E-state index contributed by atoms with van der Waals surface area (Å²) in [7, 11) is -3.14. The summed E-state index contributed by atoms with van der Waals surface area (Å²) in [5, 5.41) is 0.871. The van der Waals surface area contributed by atoms with Crippen molar-refractivity contribution in [2.75, 3.05) is 18.1 Å². The van der Waals surface area contributed by atoms with Gasteiger partial charge in [-0.1, -0.05) is 32.0 Å². The number of sulfone groups is 1. The molecule has 1 amide bonds. The number of rotatable bonds is 7. The van der Waals surface area contributed by atoms with Crippen LogP contribution < -0.4 is 0 Å². The number of nitrogens with zero attached hydrogens (tertiary/aromatic N) is 2. The summed E-state index contributed by atoms with van der Waals surface area (Å²) in [5.74, 6) is -0.900. The fourth-order valence-electron chi connectivity index (χ4n) is 4.24. The third kappa shape index (κ3) is 4.89. The van der Waals surface area contributed by atoms with Crippen LogP contribution in [0.15, 0.2) is 24.3 Å². The fraction of sp³-hybridized carbons (Fsp3) is 0.522. The number of fused-ring (bicyclic) bond motifs is 1. The highest BCUT2D eigenvalue weighted by Crippen LogP contribution is 2.25. The molecule has 0 saturated carbocycles. The Labute approximate surface area is 183 Å². The number of benzene rings is 1. The molecule has 31 heavy (non-hydrogen) atoms. The largest absolute Gasteiger partial charge is 0.452 e. The van der Waals surface area contributed by atoms with Crippen LogP contribution in [0.3, 0.4) is 0 Å². The zero-order valence-corrected chi connectivity index (χ0v) is 19.4. The summed E-state index contributed by atoms with van der Waals surface area (Å²) >= 11 is 0. The van der Waals surface area contributed by atoms with Crippen LogP contribution in [0.4, 0.5) is 0 Å². The van der Waals surface area contributed by atoms with Crippen molar-refractivity contribution in [2.45, 2.75) is 59.0 Å². The molecule has 3 rings (SSSR count). The minimum Gasteiger partial charge on any atom is -0.452 e. The molecular weight excluding hydrogens is 416 g/mol. The van der Waals surface area contributed by atoms with Gasteiger partial charge in [-0.3, -0.25) is 9.78 Å². The highest BCUT2D eigenvalue weighted by atomic mass is 32.2. The van der Waals surface area contributed by atoms with E-state index in [2.05, 4.69) is 4.98 Å². The van der Waals surface area contributed by atoms with Gasteiger partial charge in [-0.05, 0) is 44.7 Å². The van der Waals surface area contributed by atoms with E-state index in [4.69, 9.17) is 4.74 Å². The smallest absolute Gasteiger partial charge is 0.340 e. The molecular formula is C23H30N2O5S. The molecule has 1 fully saturated rings. The Hall–Kier alpha value is -2.48. The molecule has 0 spiro atoms. The monoisotopic (exact) mass is 446 g/mol. The van der Waals surface area contributed by atoms with E-state index in [1.165, 1.54) is 0 Å². The molecule has 0 aliphatic carbocycles. The first-order valence-corrected chi connectivity index (χ1v) is 12.6. The Balaban J connectivity index is 1.80. The number of carbonyl (C=O) groups is 2. The van der Waals surface area contributed by atoms with Gasteiger partial charge in [-0.25, -0.2) is 13.2 Å². The van der Waals surface area contributed by atoms with Crippen molar-refractivity contribution in [3.63, 3.8) is 0 Å². The predicted octanol–water partition coefficient (Wildman–Crippen LogP) is 3.08. The number of hydrogen-bond donors (Lipinski definition) is 0. The standard InChI is InChI=1S/C23H30N2O5S/c1-5-15(3)25(17-11-12-31(28,29)14-17)21(26)13-30-23(27)22-16(4)18-9-7-8-10-20(18)24-19(22)6-2/h7-10,15,17H,5-6,11-14H2,1-4H3. The molecule has 2 heterocycles. The number of carbonyl (C=O) groups excluding carboxylic acids is 2. The molecule has 1 aliphatic heterocycles. The molecule has 0 radical (unpaired) electrons. The molecule has 2 unspecified atom stereocenters. The van der Waals surface area contributed by atoms with Crippen LogP contribution in [0, 0.1) is 6.92 Å². The lowest BCUT2D eigenvalue weighted by Crippen LogP contribution is -2.48. The summed E-state index contributed by atoms with van der Waals surface area (Å²) in [6, 6.07) is 7.09. The lowest BCUT2D eigenvalue weighted by atomic mass is 10.0. The Kier molecular flexibility index (Phi) is 6.99. The SMILES string of the molecule is CCc1nc2ccccc2c(C)c1C(=O)OCC(=O)N(C(C)CC)C1CCS(=O)(=O)C1. The van der Waals surface area contributed by atoms with Gasteiger partial charge in [-0.15, -0.1) is 0 Å². The summed E-state index contributed by atoms with van der Waals surface area (Å²) in [6.45, 7) is 7.19. The number of ether oxygens (including phenoxy) is 1. The molecule has 1 aromatic carbocycles. The fourth-order valence-corrected chi connectivity index (χ4v) is 5.95. The number of aromatic nitrogens is 1. The van der Waals surface area contributed by atoms with Crippen LogP contribution in [0.5, 0.6) is 0 Å². The van der Waals surface area contributed by atoms with Gasteiger partial charge in [-0.2, -0.15) is 0 Å². The maximum absolute atomic E-state index is 13.0. The van der Waals surface area contributed by atoms with Gasteiger partial charge in [0.15, 0.2) is 16.4 Å². The maximum Gasteiger partial charge on any atom is 0.340 e. The number of pyridine rings is 1. The first-order valence-electron chi connectivity index (χ1n) is 10.7. The van der Waals surface area contributed by atoms with E-state index in [0.29, 0.717) is 30.5 Å². The molecule has 0 bridgehead atoms. The molecule has 1 saturated heterocycles. The van der Waals surface area contributed by atoms with E-state index >= 15 is 0 Å². The van der Waals surface area contributed by atoms with E-state index in [-0.39, 0.29) is 29.5 Å². The second-order valence-electron chi connectivity index (χ2n) is 8.12. The van der Waals surface area contributed by atoms with E-state index in [1.54, 1.807) is 4.90 Å². The molecule has 2 atom stereocenters. The Morgan fingerprint density at radius 2 is 1.97 bits per heavy atom. The molecule has 1 aromatic heterocycles. The van der Waals surface area contributed by atoms with Crippen molar-refractivity contribution in [3.8, 4) is 0 Å². The molecule has 168 valence electrons. The number of para-hydroxylation sites is 1. The van der Waals surface area contributed by atoms with E-state index < -0.39 is 22.4 Å². The Morgan fingerprint density at radius 1 is 1.26 bits per heavy atom. The summed E-state index contributed by atoms with van der Waals surface area (Å²) in [5.41, 5.74) is 2.62. The van der Waals surface area contributed by atoms with E-state index in [0.717, 1.165) is 16.5 Å². The average molecular weight is 447 g/mol. The van der Waals surface area contributed by atoms with Crippen LogP contribution in [0.25, 0.3) is 10.9 Å². The predicted molar refractivity (Wildman–Crippen MR) is 120 cm³/mol. The molecule has 8 heteroatoms. The second kappa shape index (κ2) is 9.34. The highest BCUT2D eigenvalue weighted by Gasteiger charge is 2.37. The van der Waals surface area contributed by atoms with Crippen molar-refractivity contribution in [2.24, 2.45) is 0 Å². The van der Waals surface area contributed by atoms with E-state index in [1.807, 2.05) is 52.0 Å². The van der Waals surface area contributed by atoms with Crippen molar-refractivity contribution in [1.29, 1.82) is 0 Å². The molecule has 7 nitrogen and oxygen atoms in total. The average Bonchev–Trinajstić information content (AvgIpc) is 3.10. The van der Waals surface area contributed by atoms with Gasteiger partial charge in [0.2, 0.25) is 0 Å². The lowest BCUT2D eigenvalue weighted by Gasteiger charge is -2.33. The Bertz CT molecular complexity index is 1100. The second-order valence-corrected chi connectivity index (χ2v) is 10.3. The van der Waals surface area contributed by atoms with Crippen LogP contribution >= 0.6 is 0 Å². The number of hydrogen-bond acceptors (Lipinski definition) is 6. The Morgan fingerprint density at radius 3 is 2.58 bits per heavy atom. The summed E-state index contributed by atoms with van der Waals surface area (Å²) in [6.07, 6.45) is 1.66. The van der Waals surface area contributed by atoms with Gasteiger partial charge < -0.3 is 9.64 Å². The van der Waals surface area contributed by atoms with E-state index in [9.17, 15) is 18.0 Å². The number of esters is 1. The van der Waals surface area contributed by atoms with Crippen LogP contribution in [0.1, 0.15) is 55.2 Å². The lowest BCUT2D eigenvalue weighted by molar-refractivity contribution is -0.138. The maximum atomic E-state index is 13.0. The third-order valence-electron chi connectivity index (χ3n) is 6.05. The van der Waals surface area contributed by atoms with Gasteiger partial charge in [0, 0.05) is 17.5 Å². The minimum atomic E-state index is -3.14. The van der Waals surface area contributed by atoms with Crippen LogP contribution in [-0.4, -0.2) is 60.4 Å². The number of amides is 1. The molecule has 0 N–H and O–H groups in total. The first-order chi connectivity index (χ1) is 14.7. The topological polar surface area (TPSA) is 93.6 Å². The van der Waals surface area contributed by atoms with Crippen molar-refractivity contribution >= 4 is 32.6 Å².